The van der Waals surface area contributed by atoms with Gasteiger partial charge in [-0.05, 0) is 48.5 Å². The zero-order chi connectivity index (χ0) is 23.4. The molecule has 0 radical (unpaired) electrons. The Kier molecular flexibility index (Phi) is 7.11. The average molecular weight is 497 g/mol. The molecule has 0 N–H and O–H groups in total. The first-order valence-electron chi connectivity index (χ1n) is 9.73. The number of halogens is 1. The highest BCUT2D eigenvalue weighted by atomic mass is 35.7. The van der Waals surface area contributed by atoms with Gasteiger partial charge in [0, 0.05) is 16.8 Å². The van der Waals surface area contributed by atoms with Crippen LogP contribution in [0.5, 0.6) is 0 Å². The SMILES string of the molecule is S=c1c2ccccc2oc2ccc([S+](c3ccccc3)c3ccccc3)cc12.[O-][Cl+3]([O-])([O-])[O-]. The quantitative estimate of drug-likeness (QED) is 0.216. The molecule has 0 saturated carbocycles. The molecule has 5 aromatic rings. The second-order valence-corrected chi connectivity index (χ2v) is 10.1. The van der Waals surface area contributed by atoms with E-state index in [1.165, 1.54) is 14.7 Å². The van der Waals surface area contributed by atoms with Crippen molar-refractivity contribution in [2.75, 3.05) is 0 Å². The van der Waals surface area contributed by atoms with Crippen molar-refractivity contribution < 1.29 is 33.3 Å². The fourth-order valence-corrected chi connectivity index (χ4v) is 5.87. The van der Waals surface area contributed by atoms with Crippen LogP contribution in [0.25, 0.3) is 21.9 Å². The summed E-state index contributed by atoms with van der Waals surface area (Å²) in [6.45, 7) is 0. The number of para-hydroxylation sites is 1. The summed E-state index contributed by atoms with van der Waals surface area (Å²) in [5.41, 5.74) is 1.66. The number of rotatable bonds is 3. The zero-order valence-corrected chi connectivity index (χ0v) is 19.4. The molecule has 0 fully saturated rings. The van der Waals surface area contributed by atoms with Crippen LogP contribution in [0.2, 0.25) is 0 Å². The molecule has 0 aliphatic rings. The van der Waals surface area contributed by atoms with Crippen molar-refractivity contribution in [3.05, 3.63) is 108 Å². The van der Waals surface area contributed by atoms with Crippen LogP contribution >= 0.6 is 12.2 Å². The van der Waals surface area contributed by atoms with E-state index in [2.05, 4.69) is 78.9 Å². The van der Waals surface area contributed by atoms with Crippen LogP contribution in [-0.2, 0) is 10.9 Å². The average Bonchev–Trinajstić information content (AvgIpc) is 2.80. The molecule has 8 heteroatoms. The first kappa shape index (κ1) is 23.4. The van der Waals surface area contributed by atoms with E-state index in [9.17, 15) is 0 Å². The van der Waals surface area contributed by atoms with Crippen LogP contribution in [-0.4, -0.2) is 0 Å². The fraction of sp³-hybridized carbons (Fsp3) is 0. The lowest BCUT2D eigenvalue weighted by atomic mass is 10.1. The minimum Gasteiger partial charge on any atom is -0.456 e. The van der Waals surface area contributed by atoms with Crippen molar-refractivity contribution in [1.29, 1.82) is 0 Å². The van der Waals surface area contributed by atoms with Crippen molar-refractivity contribution in [3.8, 4) is 0 Å². The highest BCUT2D eigenvalue weighted by Crippen LogP contribution is 2.34. The Balaban J connectivity index is 0.000000471. The van der Waals surface area contributed by atoms with Crippen molar-refractivity contribution in [3.63, 3.8) is 0 Å². The Morgan fingerprint density at radius 2 is 1.06 bits per heavy atom. The van der Waals surface area contributed by atoms with Gasteiger partial charge in [0.25, 0.3) is 0 Å². The molecule has 1 heterocycles. The Morgan fingerprint density at radius 3 is 1.64 bits per heavy atom. The highest BCUT2D eigenvalue weighted by Gasteiger charge is 2.28. The van der Waals surface area contributed by atoms with Gasteiger partial charge in [0.1, 0.15) is 11.2 Å². The minimum absolute atomic E-state index is 0.201. The molecule has 0 bridgehead atoms. The molecule has 5 nitrogen and oxygen atoms in total. The minimum atomic E-state index is -4.94. The first-order chi connectivity index (χ1) is 15.8. The van der Waals surface area contributed by atoms with Gasteiger partial charge in [0.05, 0.1) is 15.4 Å². The molecule has 0 amide bonds. The first-order valence-corrected chi connectivity index (χ1v) is 12.6. The summed E-state index contributed by atoms with van der Waals surface area (Å²) in [7, 11) is -5.15. The van der Waals surface area contributed by atoms with Gasteiger partial charge in [-0.1, -0.05) is 60.7 Å². The van der Waals surface area contributed by atoms with Crippen LogP contribution in [0, 0.1) is 14.8 Å². The maximum Gasteiger partial charge on any atom is 0.167 e. The highest BCUT2D eigenvalue weighted by molar-refractivity contribution is 7.97. The standard InChI is InChI=1S/C25H17OS2.ClHO4/c27-25-21-13-7-8-14-23(21)26-24-16-15-20(17-22(24)25)28(18-9-3-1-4-10-18)19-11-5-2-6-12-19;2-1(3,4)5/h1-17H;(H,2,3,4,5)/q+1;/p-1. The molecule has 4 aromatic carbocycles. The molecule has 0 aliphatic heterocycles. The molecule has 0 saturated heterocycles. The van der Waals surface area contributed by atoms with Crippen molar-refractivity contribution in [2.45, 2.75) is 14.7 Å². The van der Waals surface area contributed by atoms with Crippen LogP contribution in [0.3, 0.4) is 0 Å². The van der Waals surface area contributed by atoms with E-state index in [0.717, 1.165) is 26.4 Å². The summed E-state index contributed by atoms with van der Waals surface area (Å²) in [4.78, 5) is 3.81. The maximum absolute atomic E-state index is 8.49. The molecule has 166 valence electrons. The summed E-state index contributed by atoms with van der Waals surface area (Å²) < 4.78 is 40.9. The van der Waals surface area contributed by atoms with Crippen LogP contribution < -0.4 is 18.6 Å². The second-order valence-electron chi connectivity index (χ2n) is 6.90. The molecule has 0 unspecified atom stereocenters. The number of fused-ring (bicyclic) bond motifs is 2. The second kappa shape index (κ2) is 10.0. The van der Waals surface area contributed by atoms with Crippen LogP contribution in [0.4, 0.5) is 0 Å². The fourth-order valence-electron chi connectivity index (χ4n) is 3.43. The summed E-state index contributed by atoms with van der Waals surface area (Å²) in [5.74, 6) is 0. The Bertz CT molecular complexity index is 1390. The predicted molar refractivity (Wildman–Crippen MR) is 120 cm³/mol. The van der Waals surface area contributed by atoms with Crippen LogP contribution in [0.1, 0.15) is 0 Å². The van der Waals surface area contributed by atoms with Gasteiger partial charge in [-0.25, -0.2) is 18.6 Å². The molecule has 5 rings (SSSR count). The normalized spacial score (nSPS) is 11.4. The lowest BCUT2D eigenvalue weighted by Gasteiger charge is -2.17. The number of hydrogen-bond donors (Lipinski definition) is 0. The van der Waals surface area contributed by atoms with Crippen molar-refractivity contribution in [1.82, 2.24) is 0 Å². The summed E-state index contributed by atoms with van der Waals surface area (Å²) >= 11 is 5.82. The van der Waals surface area contributed by atoms with Crippen molar-refractivity contribution >= 4 is 45.1 Å². The summed E-state index contributed by atoms with van der Waals surface area (Å²) in [5, 5.41) is 1.98. The molecular weight excluding hydrogens is 480 g/mol. The maximum atomic E-state index is 8.49. The van der Waals surface area contributed by atoms with Gasteiger partial charge in [-0.2, -0.15) is 0 Å². The Hall–Kier alpha value is -2.75. The lowest BCUT2D eigenvalue weighted by molar-refractivity contribution is -2.00. The smallest absolute Gasteiger partial charge is 0.167 e. The van der Waals surface area contributed by atoms with Gasteiger partial charge >= 0.3 is 0 Å². The van der Waals surface area contributed by atoms with E-state index >= 15 is 0 Å². The van der Waals surface area contributed by atoms with Gasteiger partial charge in [-0.15, -0.1) is 10.2 Å². The Labute approximate surface area is 200 Å². The van der Waals surface area contributed by atoms with Crippen LogP contribution in [0.15, 0.2) is 122 Å². The third kappa shape index (κ3) is 5.79. The number of benzene rings is 4. The van der Waals surface area contributed by atoms with E-state index < -0.39 is 10.2 Å². The molecule has 0 spiro atoms. The van der Waals surface area contributed by atoms with E-state index in [-0.39, 0.29) is 10.9 Å². The lowest BCUT2D eigenvalue weighted by Crippen LogP contribution is -2.68. The van der Waals surface area contributed by atoms with E-state index in [4.69, 9.17) is 35.3 Å². The van der Waals surface area contributed by atoms with Crippen molar-refractivity contribution in [2.24, 2.45) is 0 Å². The van der Waals surface area contributed by atoms with Gasteiger partial charge < -0.3 is 4.42 Å². The largest absolute Gasteiger partial charge is 0.456 e. The summed E-state index contributed by atoms with van der Waals surface area (Å²) in [6.07, 6.45) is 0. The monoisotopic (exact) mass is 496 g/mol. The van der Waals surface area contributed by atoms with Gasteiger partial charge in [-0.3, -0.25) is 0 Å². The van der Waals surface area contributed by atoms with Gasteiger partial charge in [0.15, 0.2) is 14.7 Å². The molecule has 0 atom stereocenters. The zero-order valence-electron chi connectivity index (χ0n) is 17.1. The molecular formula is C25H17ClO5S2. The third-order valence-corrected chi connectivity index (χ3v) is 7.39. The van der Waals surface area contributed by atoms with E-state index in [1.807, 2.05) is 24.3 Å². The van der Waals surface area contributed by atoms with E-state index in [1.54, 1.807) is 0 Å². The predicted octanol–water partition coefficient (Wildman–Crippen LogP) is 2.65. The molecule has 0 aliphatic carbocycles. The molecule has 33 heavy (non-hydrogen) atoms. The van der Waals surface area contributed by atoms with E-state index in [0.29, 0.717) is 0 Å². The summed E-state index contributed by atoms with van der Waals surface area (Å²) in [6, 6.07) is 35.7. The topological polar surface area (TPSA) is 105 Å². The van der Waals surface area contributed by atoms with Gasteiger partial charge in [0.2, 0.25) is 0 Å². The Morgan fingerprint density at radius 1 is 0.576 bits per heavy atom. The third-order valence-electron chi connectivity index (χ3n) is 4.74. The number of hydrogen-bond acceptors (Lipinski definition) is 6. The molecule has 1 aromatic heterocycles.